The summed E-state index contributed by atoms with van der Waals surface area (Å²) in [6, 6.07) is 16.3. The van der Waals surface area contributed by atoms with Crippen molar-refractivity contribution in [3.05, 3.63) is 93.9 Å². The van der Waals surface area contributed by atoms with E-state index < -0.39 is 0 Å². The van der Waals surface area contributed by atoms with Crippen LogP contribution in [-0.2, 0) is 0 Å². The second kappa shape index (κ2) is 8.07. The Morgan fingerprint density at radius 3 is 1.65 bits per heavy atom. The van der Waals surface area contributed by atoms with E-state index in [0.29, 0.717) is 5.56 Å². The summed E-state index contributed by atoms with van der Waals surface area (Å²) in [6.45, 7) is 12.1. The Morgan fingerprint density at radius 2 is 1.10 bits per heavy atom. The number of aryl methyl sites for hydroxylation is 6. The van der Waals surface area contributed by atoms with Crippen LogP contribution in [0.1, 0.15) is 33.4 Å². The van der Waals surface area contributed by atoms with Gasteiger partial charge in [-0.2, -0.15) is 0 Å². The Morgan fingerprint density at radius 1 is 0.581 bits per heavy atom. The Hall–Kier alpha value is -3.33. The van der Waals surface area contributed by atoms with E-state index in [2.05, 4.69) is 64.1 Å². The lowest BCUT2D eigenvalue weighted by Crippen LogP contribution is -1.99. The molecule has 0 amide bonds. The number of aromatic nitrogens is 2. The standard InChI is InChI=1S/C28H27FN2/c1-16-7-17(2)10-22(9-16)27-28(23-11-18(3)8-19(4)12-23)31-26(15-30-27)24-13-21(6)25(29)14-20(24)5/h7-15H,1-6H3. The maximum absolute atomic E-state index is 14.0. The zero-order valence-electron chi connectivity index (χ0n) is 19.0. The van der Waals surface area contributed by atoms with Gasteiger partial charge in [0.25, 0.3) is 0 Å². The van der Waals surface area contributed by atoms with Crippen LogP contribution in [0.4, 0.5) is 4.39 Å². The molecule has 3 heteroatoms. The molecule has 0 fully saturated rings. The maximum atomic E-state index is 14.0. The minimum atomic E-state index is -0.199. The number of hydrogen-bond donors (Lipinski definition) is 0. The summed E-state index contributed by atoms with van der Waals surface area (Å²) in [5, 5.41) is 0. The van der Waals surface area contributed by atoms with Crippen molar-refractivity contribution in [1.29, 1.82) is 0 Å². The summed E-state index contributed by atoms with van der Waals surface area (Å²) in [4.78, 5) is 9.96. The fourth-order valence-electron chi connectivity index (χ4n) is 4.21. The van der Waals surface area contributed by atoms with Gasteiger partial charge in [-0.1, -0.05) is 34.4 Å². The van der Waals surface area contributed by atoms with Gasteiger partial charge in [-0.25, -0.2) is 9.37 Å². The quantitative estimate of drug-likeness (QED) is 0.350. The third-order valence-corrected chi connectivity index (χ3v) is 5.54. The van der Waals surface area contributed by atoms with E-state index in [4.69, 9.17) is 9.97 Å². The van der Waals surface area contributed by atoms with Crippen molar-refractivity contribution in [2.75, 3.05) is 0 Å². The monoisotopic (exact) mass is 410 g/mol. The van der Waals surface area contributed by atoms with E-state index in [1.54, 1.807) is 19.2 Å². The van der Waals surface area contributed by atoms with Crippen LogP contribution in [-0.4, -0.2) is 9.97 Å². The van der Waals surface area contributed by atoms with Crippen LogP contribution < -0.4 is 0 Å². The predicted molar refractivity (Wildman–Crippen MR) is 127 cm³/mol. The van der Waals surface area contributed by atoms with E-state index in [0.717, 1.165) is 39.3 Å². The smallest absolute Gasteiger partial charge is 0.126 e. The molecule has 0 unspecified atom stereocenters. The highest BCUT2D eigenvalue weighted by Crippen LogP contribution is 2.34. The van der Waals surface area contributed by atoms with Crippen molar-refractivity contribution in [1.82, 2.24) is 9.97 Å². The second-order valence-corrected chi connectivity index (χ2v) is 8.62. The highest BCUT2D eigenvalue weighted by molar-refractivity contribution is 5.81. The summed E-state index contributed by atoms with van der Waals surface area (Å²) in [7, 11) is 0. The van der Waals surface area contributed by atoms with Crippen molar-refractivity contribution < 1.29 is 4.39 Å². The van der Waals surface area contributed by atoms with Crippen LogP contribution in [0.2, 0.25) is 0 Å². The summed E-state index contributed by atoms with van der Waals surface area (Å²) in [5.74, 6) is -0.199. The van der Waals surface area contributed by atoms with Crippen molar-refractivity contribution in [3.8, 4) is 33.8 Å². The Labute approximate surface area is 183 Å². The van der Waals surface area contributed by atoms with Gasteiger partial charge in [-0.3, -0.25) is 4.98 Å². The molecule has 1 aromatic heterocycles. The third kappa shape index (κ3) is 4.27. The summed E-state index contributed by atoms with van der Waals surface area (Å²) in [6.07, 6.45) is 1.80. The number of hydrogen-bond acceptors (Lipinski definition) is 2. The minimum Gasteiger partial charge on any atom is -0.252 e. The lowest BCUT2D eigenvalue weighted by Gasteiger charge is -2.14. The van der Waals surface area contributed by atoms with Crippen molar-refractivity contribution in [2.24, 2.45) is 0 Å². The van der Waals surface area contributed by atoms with Crippen molar-refractivity contribution >= 4 is 0 Å². The van der Waals surface area contributed by atoms with Crippen LogP contribution in [0.25, 0.3) is 33.8 Å². The van der Waals surface area contributed by atoms with Crippen molar-refractivity contribution in [2.45, 2.75) is 41.5 Å². The molecule has 0 saturated heterocycles. The van der Waals surface area contributed by atoms with E-state index in [-0.39, 0.29) is 5.82 Å². The van der Waals surface area contributed by atoms with E-state index in [1.807, 2.05) is 13.0 Å². The molecule has 4 aromatic rings. The van der Waals surface area contributed by atoms with Gasteiger partial charge >= 0.3 is 0 Å². The molecule has 0 atom stereocenters. The van der Waals surface area contributed by atoms with Gasteiger partial charge in [0.05, 0.1) is 23.3 Å². The van der Waals surface area contributed by atoms with Gasteiger partial charge in [0.1, 0.15) is 5.82 Å². The normalized spacial score (nSPS) is 11.1. The molecule has 31 heavy (non-hydrogen) atoms. The maximum Gasteiger partial charge on any atom is 0.126 e. The molecule has 4 rings (SSSR count). The van der Waals surface area contributed by atoms with Gasteiger partial charge in [-0.15, -0.1) is 0 Å². The molecule has 0 radical (unpaired) electrons. The molecular weight excluding hydrogens is 383 g/mol. The number of benzene rings is 3. The Bertz CT molecular complexity index is 1260. The van der Waals surface area contributed by atoms with E-state index >= 15 is 0 Å². The zero-order valence-corrected chi connectivity index (χ0v) is 19.0. The lowest BCUT2D eigenvalue weighted by molar-refractivity contribution is 0.617. The number of rotatable bonds is 3. The van der Waals surface area contributed by atoms with Crippen LogP contribution in [0.3, 0.4) is 0 Å². The molecule has 3 aromatic carbocycles. The first-order chi connectivity index (χ1) is 14.7. The first-order valence-corrected chi connectivity index (χ1v) is 10.5. The minimum absolute atomic E-state index is 0.199. The van der Waals surface area contributed by atoms with Gasteiger partial charge < -0.3 is 0 Å². The van der Waals surface area contributed by atoms with Crippen LogP contribution in [0.5, 0.6) is 0 Å². The molecule has 0 aliphatic heterocycles. The topological polar surface area (TPSA) is 25.8 Å². The second-order valence-electron chi connectivity index (χ2n) is 8.62. The molecule has 0 saturated carbocycles. The average Bonchev–Trinajstić information content (AvgIpc) is 2.69. The molecule has 1 heterocycles. The van der Waals surface area contributed by atoms with E-state index in [9.17, 15) is 4.39 Å². The molecule has 0 aliphatic carbocycles. The first kappa shape index (κ1) is 20.9. The van der Waals surface area contributed by atoms with Crippen molar-refractivity contribution in [3.63, 3.8) is 0 Å². The summed E-state index contributed by atoms with van der Waals surface area (Å²) >= 11 is 0. The Kier molecular flexibility index (Phi) is 5.45. The average molecular weight is 411 g/mol. The fourth-order valence-corrected chi connectivity index (χ4v) is 4.21. The molecule has 0 spiro atoms. The Balaban J connectivity index is 2.00. The third-order valence-electron chi connectivity index (χ3n) is 5.54. The molecular formula is C28H27FN2. The molecule has 0 aliphatic rings. The van der Waals surface area contributed by atoms with E-state index in [1.165, 1.54) is 22.3 Å². The summed E-state index contributed by atoms with van der Waals surface area (Å²) in [5.41, 5.74) is 11.7. The fraction of sp³-hybridized carbons (Fsp3) is 0.214. The predicted octanol–water partition coefficient (Wildman–Crippen LogP) is 7.47. The van der Waals surface area contributed by atoms with Gasteiger partial charge in [0, 0.05) is 16.7 Å². The highest BCUT2D eigenvalue weighted by atomic mass is 19.1. The largest absolute Gasteiger partial charge is 0.252 e. The summed E-state index contributed by atoms with van der Waals surface area (Å²) < 4.78 is 14.0. The zero-order chi connectivity index (χ0) is 22.3. The lowest BCUT2D eigenvalue weighted by atomic mass is 9.97. The molecule has 0 bridgehead atoms. The molecule has 156 valence electrons. The highest BCUT2D eigenvalue weighted by Gasteiger charge is 2.16. The number of nitrogens with zero attached hydrogens (tertiary/aromatic N) is 2. The molecule has 2 nitrogen and oxygen atoms in total. The first-order valence-electron chi connectivity index (χ1n) is 10.5. The van der Waals surface area contributed by atoms with Crippen LogP contribution in [0, 0.1) is 47.4 Å². The number of halogens is 1. The van der Waals surface area contributed by atoms with Gasteiger partial charge in [0.2, 0.25) is 0 Å². The molecule has 0 N–H and O–H groups in total. The SMILES string of the molecule is Cc1cc(C)cc(-c2ncc(-c3cc(C)c(F)cc3C)nc2-c2cc(C)cc(C)c2)c1. The van der Waals surface area contributed by atoms with Gasteiger partial charge in [-0.05, 0) is 89.1 Å². The van der Waals surface area contributed by atoms with Crippen LogP contribution in [0.15, 0.2) is 54.7 Å². The van der Waals surface area contributed by atoms with Crippen LogP contribution >= 0.6 is 0 Å². The van der Waals surface area contributed by atoms with Gasteiger partial charge in [0.15, 0.2) is 0 Å².